The molecule has 5 N–H and O–H groups in total. The van der Waals surface area contributed by atoms with Crippen molar-refractivity contribution in [3.63, 3.8) is 0 Å². The van der Waals surface area contributed by atoms with Crippen molar-refractivity contribution >= 4 is 11.7 Å². The van der Waals surface area contributed by atoms with Crippen LogP contribution >= 0.6 is 0 Å². The maximum absolute atomic E-state index is 10.3. The molecule has 0 atom stereocenters. The number of carboxylic acid groups (broad SMARTS) is 1. The number of benzene rings is 1. The molecule has 0 bridgehead atoms. The molecule has 0 aliphatic heterocycles. The lowest BCUT2D eigenvalue weighted by atomic mass is 10.2. The van der Waals surface area contributed by atoms with Crippen molar-refractivity contribution in [1.29, 1.82) is 0 Å². The van der Waals surface area contributed by atoms with E-state index in [1.165, 1.54) is 5.01 Å². The van der Waals surface area contributed by atoms with Crippen molar-refractivity contribution in [3.8, 4) is 0 Å². The third-order valence-corrected chi connectivity index (χ3v) is 2.47. The van der Waals surface area contributed by atoms with Gasteiger partial charge in [0.25, 0.3) is 0 Å². The van der Waals surface area contributed by atoms with Crippen LogP contribution in [0.2, 0.25) is 0 Å². The summed E-state index contributed by atoms with van der Waals surface area (Å²) in [5.41, 5.74) is 7.40. The molecule has 0 aromatic heterocycles. The van der Waals surface area contributed by atoms with E-state index in [1.807, 2.05) is 30.3 Å². The Morgan fingerprint density at radius 2 is 1.94 bits per heavy atom. The molecule has 0 amide bonds. The van der Waals surface area contributed by atoms with Crippen LogP contribution in [0.4, 0.5) is 0 Å². The van der Waals surface area contributed by atoms with Crippen LogP contribution in [0.1, 0.15) is 24.8 Å². The Morgan fingerprint density at radius 3 is 2.56 bits per heavy atom. The number of unbranched alkanes of at least 4 members (excludes halogenated alkanes) is 1. The normalized spacial score (nSPS) is 11.3. The predicted molar refractivity (Wildman–Crippen MR) is 71.0 cm³/mol. The SMILES string of the molecule is N/C(=C\N(N)CCCCC(=O)O)c1ccccc1. The highest BCUT2D eigenvalue weighted by atomic mass is 16.4. The minimum Gasteiger partial charge on any atom is -0.481 e. The first-order valence-electron chi connectivity index (χ1n) is 5.85. The number of hydrazine groups is 1. The fourth-order valence-electron chi connectivity index (χ4n) is 1.52. The highest BCUT2D eigenvalue weighted by Gasteiger charge is 2.00. The van der Waals surface area contributed by atoms with Gasteiger partial charge in [0.05, 0.1) is 5.70 Å². The standard InChI is InChI=1S/C13H19N3O2/c14-12(11-6-2-1-3-7-11)10-16(15)9-5-4-8-13(17)18/h1-3,6-7,10H,4-5,8-9,14-15H2,(H,17,18)/b12-10-. The topological polar surface area (TPSA) is 92.6 Å². The lowest BCUT2D eigenvalue weighted by molar-refractivity contribution is -0.137. The number of rotatable bonds is 7. The third-order valence-electron chi connectivity index (χ3n) is 2.47. The number of carboxylic acids is 1. The van der Waals surface area contributed by atoms with E-state index in [4.69, 9.17) is 16.7 Å². The summed E-state index contributed by atoms with van der Waals surface area (Å²) in [6.45, 7) is 0.584. The Balaban J connectivity index is 2.38. The van der Waals surface area contributed by atoms with Gasteiger partial charge in [-0.15, -0.1) is 0 Å². The molecule has 1 aromatic carbocycles. The molecule has 0 spiro atoms. The summed E-state index contributed by atoms with van der Waals surface area (Å²) in [5.74, 6) is 4.98. The summed E-state index contributed by atoms with van der Waals surface area (Å²) < 4.78 is 0. The average Bonchev–Trinajstić information content (AvgIpc) is 2.35. The fraction of sp³-hybridized carbons (Fsp3) is 0.308. The second-order valence-corrected chi connectivity index (χ2v) is 4.04. The molecule has 0 aliphatic rings. The summed E-state index contributed by atoms with van der Waals surface area (Å²) in [6, 6.07) is 9.55. The van der Waals surface area contributed by atoms with Gasteiger partial charge in [-0.1, -0.05) is 30.3 Å². The van der Waals surface area contributed by atoms with Crippen LogP contribution in [0.3, 0.4) is 0 Å². The van der Waals surface area contributed by atoms with E-state index in [1.54, 1.807) is 6.20 Å². The van der Waals surface area contributed by atoms with Gasteiger partial charge in [-0.05, 0) is 18.4 Å². The summed E-state index contributed by atoms with van der Waals surface area (Å²) >= 11 is 0. The Hall–Kier alpha value is -2.01. The molecule has 1 rings (SSSR count). The van der Waals surface area contributed by atoms with Crippen LogP contribution in [0, 0.1) is 0 Å². The average molecular weight is 249 g/mol. The lowest BCUT2D eigenvalue weighted by Crippen LogP contribution is -2.27. The van der Waals surface area contributed by atoms with E-state index in [2.05, 4.69) is 0 Å². The van der Waals surface area contributed by atoms with Gasteiger partial charge in [0.15, 0.2) is 0 Å². The van der Waals surface area contributed by atoms with Crippen molar-refractivity contribution in [1.82, 2.24) is 5.01 Å². The van der Waals surface area contributed by atoms with Gasteiger partial charge in [-0.25, -0.2) is 5.84 Å². The maximum Gasteiger partial charge on any atom is 0.303 e. The molecular formula is C13H19N3O2. The predicted octanol–water partition coefficient (Wildman–Crippen LogP) is 1.37. The van der Waals surface area contributed by atoms with Crippen molar-refractivity contribution < 1.29 is 9.90 Å². The smallest absolute Gasteiger partial charge is 0.303 e. The van der Waals surface area contributed by atoms with E-state index in [-0.39, 0.29) is 6.42 Å². The number of nitrogens with two attached hydrogens (primary N) is 2. The van der Waals surface area contributed by atoms with Gasteiger partial charge in [-0.2, -0.15) is 0 Å². The first kappa shape index (κ1) is 14.1. The fourth-order valence-corrected chi connectivity index (χ4v) is 1.52. The van der Waals surface area contributed by atoms with Crippen LogP contribution in [0.25, 0.3) is 5.70 Å². The molecule has 0 radical (unpaired) electrons. The van der Waals surface area contributed by atoms with Gasteiger partial charge >= 0.3 is 5.97 Å². The van der Waals surface area contributed by atoms with Crippen LogP contribution in [-0.2, 0) is 4.79 Å². The molecule has 0 aliphatic carbocycles. The van der Waals surface area contributed by atoms with E-state index >= 15 is 0 Å². The first-order valence-corrected chi connectivity index (χ1v) is 5.85. The lowest BCUT2D eigenvalue weighted by Gasteiger charge is -2.14. The third kappa shape index (κ3) is 5.36. The Kier molecular flexibility index (Phi) is 5.73. The molecule has 0 fully saturated rings. The van der Waals surface area contributed by atoms with Gasteiger partial charge in [0, 0.05) is 19.2 Å². The van der Waals surface area contributed by atoms with Crippen LogP contribution in [0.15, 0.2) is 36.5 Å². The number of nitrogens with zero attached hydrogens (tertiary/aromatic N) is 1. The van der Waals surface area contributed by atoms with Crippen molar-refractivity contribution in [3.05, 3.63) is 42.1 Å². The minimum absolute atomic E-state index is 0.172. The zero-order valence-electron chi connectivity index (χ0n) is 10.2. The summed E-state index contributed by atoms with van der Waals surface area (Å²) in [6.07, 6.45) is 3.17. The van der Waals surface area contributed by atoms with Crippen LogP contribution in [-0.4, -0.2) is 22.6 Å². The van der Waals surface area contributed by atoms with E-state index in [0.717, 1.165) is 12.0 Å². The van der Waals surface area contributed by atoms with E-state index in [9.17, 15) is 4.79 Å². The quantitative estimate of drug-likeness (QED) is 0.385. The maximum atomic E-state index is 10.3. The highest BCUT2D eigenvalue weighted by molar-refractivity contribution is 5.66. The first-order chi connectivity index (χ1) is 8.59. The second-order valence-electron chi connectivity index (χ2n) is 4.04. The Morgan fingerprint density at radius 1 is 1.28 bits per heavy atom. The summed E-state index contributed by atoms with van der Waals surface area (Å²) in [5, 5.41) is 9.99. The van der Waals surface area contributed by atoms with Gasteiger partial charge < -0.3 is 15.8 Å². The summed E-state index contributed by atoms with van der Waals surface area (Å²) in [7, 11) is 0. The number of carbonyl (C=O) groups is 1. The number of hydrogen-bond acceptors (Lipinski definition) is 4. The molecule has 0 heterocycles. The zero-order chi connectivity index (χ0) is 13.4. The minimum atomic E-state index is -0.780. The largest absolute Gasteiger partial charge is 0.481 e. The molecule has 18 heavy (non-hydrogen) atoms. The molecule has 0 saturated heterocycles. The zero-order valence-corrected chi connectivity index (χ0v) is 10.2. The molecule has 98 valence electrons. The Labute approximate surface area is 107 Å². The van der Waals surface area contributed by atoms with Crippen LogP contribution in [0.5, 0.6) is 0 Å². The van der Waals surface area contributed by atoms with Gasteiger partial charge in [-0.3, -0.25) is 4.79 Å². The number of hydrogen-bond donors (Lipinski definition) is 3. The van der Waals surface area contributed by atoms with Gasteiger partial charge in [0.1, 0.15) is 0 Å². The molecular weight excluding hydrogens is 230 g/mol. The van der Waals surface area contributed by atoms with Crippen LogP contribution < -0.4 is 11.6 Å². The molecule has 1 aromatic rings. The monoisotopic (exact) mass is 249 g/mol. The van der Waals surface area contributed by atoms with Gasteiger partial charge in [0.2, 0.25) is 0 Å². The van der Waals surface area contributed by atoms with Crippen molar-refractivity contribution in [2.45, 2.75) is 19.3 Å². The summed E-state index contributed by atoms with van der Waals surface area (Å²) in [4.78, 5) is 10.3. The molecule has 0 saturated carbocycles. The van der Waals surface area contributed by atoms with Crippen molar-refractivity contribution in [2.24, 2.45) is 11.6 Å². The molecule has 0 unspecified atom stereocenters. The number of aliphatic carboxylic acids is 1. The highest BCUT2D eigenvalue weighted by Crippen LogP contribution is 2.08. The second kappa shape index (κ2) is 7.34. The van der Waals surface area contributed by atoms with E-state index < -0.39 is 5.97 Å². The Bertz CT molecular complexity index is 404. The van der Waals surface area contributed by atoms with E-state index in [0.29, 0.717) is 18.7 Å². The van der Waals surface area contributed by atoms with Crippen molar-refractivity contribution in [2.75, 3.05) is 6.54 Å². The molecule has 5 heteroatoms. The molecule has 5 nitrogen and oxygen atoms in total.